The normalized spacial score (nSPS) is 29.4. The molecule has 0 spiro atoms. The number of halogens is 3. The summed E-state index contributed by atoms with van der Waals surface area (Å²) in [5, 5.41) is 20.1. The number of rotatable bonds is 6. The molecule has 4 N–H and O–H groups in total. The van der Waals surface area contributed by atoms with Crippen molar-refractivity contribution in [1.82, 2.24) is 4.90 Å². The zero-order chi connectivity index (χ0) is 19.5. The molecule has 1 aliphatic heterocycles. The Morgan fingerprint density at radius 2 is 1.88 bits per heavy atom. The van der Waals surface area contributed by atoms with Gasteiger partial charge in [-0.15, -0.1) is 0 Å². The average molecular weight is 396 g/mol. The molecule has 0 radical (unpaired) electrons. The van der Waals surface area contributed by atoms with Crippen molar-refractivity contribution in [3.05, 3.63) is 30.3 Å². The molecule has 2 rings (SSSR count). The Morgan fingerprint density at radius 3 is 2.42 bits per heavy atom. The van der Waals surface area contributed by atoms with E-state index in [0.717, 1.165) is 11.8 Å². The molecule has 0 aromatic heterocycles. The maximum absolute atomic E-state index is 13.6. The summed E-state index contributed by atoms with van der Waals surface area (Å²) in [6, 6.07) is 7.45. The van der Waals surface area contributed by atoms with Crippen molar-refractivity contribution in [2.24, 2.45) is 5.73 Å². The fourth-order valence-corrected chi connectivity index (χ4v) is 3.50. The number of thioether (sulfide) groups is 1. The number of hydrogen-bond acceptors (Lipinski definition) is 7. The molecule has 0 amide bonds. The molecule has 26 heavy (non-hydrogen) atoms. The second kappa shape index (κ2) is 8.77. The molecule has 1 saturated heterocycles. The number of alkyl halides is 3. The third-order valence-corrected chi connectivity index (χ3v) is 5.21. The van der Waals surface area contributed by atoms with E-state index in [9.17, 15) is 23.4 Å². The fraction of sp³-hybridized carbons (Fsp3) is 0.625. The summed E-state index contributed by atoms with van der Waals surface area (Å²) in [6.07, 6.45) is -12.2. The lowest BCUT2D eigenvalue weighted by Crippen LogP contribution is -2.59. The van der Waals surface area contributed by atoms with Crippen LogP contribution in [0.25, 0.3) is 0 Å². The number of benzene rings is 1. The third-order valence-electron chi connectivity index (χ3n) is 3.90. The van der Waals surface area contributed by atoms with Crippen molar-refractivity contribution >= 4 is 11.8 Å². The summed E-state index contributed by atoms with van der Waals surface area (Å²) < 4.78 is 51.2. The Bertz CT molecular complexity index is 564. The van der Waals surface area contributed by atoms with Gasteiger partial charge in [-0.1, -0.05) is 30.0 Å². The van der Waals surface area contributed by atoms with Gasteiger partial charge < -0.3 is 25.4 Å². The average Bonchev–Trinajstić information content (AvgIpc) is 2.56. The van der Waals surface area contributed by atoms with Gasteiger partial charge in [0.1, 0.15) is 28.9 Å². The molecule has 6 nitrogen and oxygen atoms in total. The van der Waals surface area contributed by atoms with Gasteiger partial charge in [0.15, 0.2) is 0 Å². The lowest BCUT2D eigenvalue weighted by Gasteiger charge is -2.41. The topological polar surface area (TPSA) is 88.2 Å². The van der Waals surface area contributed by atoms with Gasteiger partial charge in [0.2, 0.25) is 6.10 Å². The van der Waals surface area contributed by atoms with Gasteiger partial charge >= 0.3 is 6.18 Å². The van der Waals surface area contributed by atoms with E-state index in [1.165, 1.54) is 24.3 Å². The standard InChI is InChI=1S/C16H23F3N2O4S/c1-21(2)15(20)26-11-8-10(22)12(23)13(25-11)14(16(17,18)19)24-9-6-4-3-5-7-9/h3-7,10-15,22-23H,8,20H2,1-2H3/t10?,11-,12+,13?,14?,15?/m1/s1. The van der Waals surface area contributed by atoms with Crippen LogP contribution in [0.4, 0.5) is 13.2 Å². The molecule has 1 heterocycles. The fourth-order valence-electron chi connectivity index (χ4n) is 2.45. The van der Waals surface area contributed by atoms with Crippen molar-refractivity contribution in [2.45, 2.75) is 47.9 Å². The number of ether oxygens (including phenoxy) is 2. The Labute approximate surface area is 154 Å². The maximum atomic E-state index is 13.6. The first kappa shape index (κ1) is 21.3. The van der Waals surface area contributed by atoms with Gasteiger partial charge in [-0.3, -0.25) is 4.90 Å². The van der Waals surface area contributed by atoms with Crippen LogP contribution in [-0.2, 0) is 4.74 Å². The molecule has 148 valence electrons. The van der Waals surface area contributed by atoms with Gasteiger partial charge in [-0.25, -0.2) is 0 Å². The Balaban J connectivity index is 2.20. The van der Waals surface area contributed by atoms with Gasteiger partial charge in [0.05, 0.1) is 6.10 Å². The Morgan fingerprint density at radius 1 is 1.27 bits per heavy atom. The van der Waals surface area contributed by atoms with E-state index in [-0.39, 0.29) is 12.2 Å². The first-order valence-electron chi connectivity index (χ1n) is 7.97. The molecule has 0 saturated carbocycles. The third kappa shape index (κ3) is 5.48. The first-order chi connectivity index (χ1) is 12.1. The van der Waals surface area contributed by atoms with Crippen molar-refractivity contribution < 1.29 is 32.9 Å². The van der Waals surface area contributed by atoms with Crippen LogP contribution in [0.3, 0.4) is 0 Å². The molecule has 10 heteroatoms. The zero-order valence-corrected chi connectivity index (χ0v) is 15.2. The van der Waals surface area contributed by atoms with E-state index in [0.29, 0.717) is 0 Å². The predicted molar refractivity (Wildman–Crippen MR) is 91.5 cm³/mol. The highest BCUT2D eigenvalue weighted by Crippen LogP contribution is 2.37. The smallest absolute Gasteiger partial charge is 0.428 e. The van der Waals surface area contributed by atoms with Crippen molar-refractivity contribution in [3.63, 3.8) is 0 Å². The number of para-hydroxylation sites is 1. The number of nitrogens with zero attached hydrogens (tertiary/aromatic N) is 1. The predicted octanol–water partition coefficient (Wildman–Crippen LogP) is 1.37. The summed E-state index contributed by atoms with van der Waals surface area (Å²) in [6.45, 7) is 0. The van der Waals surface area contributed by atoms with Crippen molar-refractivity contribution in [3.8, 4) is 5.75 Å². The van der Waals surface area contributed by atoms with E-state index >= 15 is 0 Å². The van der Waals surface area contributed by atoms with Crippen molar-refractivity contribution in [1.29, 1.82) is 0 Å². The summed E-state index contributed by atoms with van der Waals surface area (Å²) in [7, 11) is 3.42. The number of nitrogens with two attached hydrogens (primary N) is 1. The molecule has 1 aliphatic rings. The molecule has 0 aliphatic carbocycles. The Kier molecular flexibility index (Phi) is 7.17. The summed E-state index contributed by atoms with van der Waals surface area (Å²) in [5.41, 5.74) is 4.51. The number of aliphatic hydroxyl groups excluding tert-OH is 2. The van der Waals surface area contributed by atoms with Gasteiger partial charge in [0, 0.05) is 6.42 Å². The van der Waals surface area contributed by atoms with E-state index in [1.807, 2.05) is 0 Å². The highest BCUT2D eigenvalue weighted by atomic mass is 32.2. The lowest BCUT2D eigenvalue weighted by molar-refractivity contribution is -0.262. The van der Waals surface area contributed by atoms with Gasteiger partial charge in [-0.2, -0.15) is 13.2 Å². The minimum Gasteiger partial charge on any atom is -0.478 e. The van der Waals surface area contributed by atoms with Crippen LogP contribution in [-0.4, -0.2) is 70.7 Å². The van der Waals surface area contributed by atoms with Gasteiger partial charge in [0.25, 0.3) is 0 Å². The van der Waals surface area contributed by atoms with Crippen LogP contribution in [0.1, 0.15) is 6.42 Å². The lowest BCUT2D eigenvalue weighted by atomic mass is 9.97. The first-order valence-corrected chi connectivity index (χ1v) is 8.91. The minimum absolute atomic E-state index is 0.0140. The van der Waals surface area contributed by atoms with Crippen LogP contribution in [0, 0.1) is 0 Å². The summed E-state index contributed by atoms with van der Waals surface area (Å²) in [4.78, 5) is 1.65. The number of hydrogen-bond donors (Lipinski definition) is 3. The molecule has 0 bridgehead atoms. The van der Waals surface area contributed by atoms with E-state index in [2.05, 4.69) is 0 Å². The summed E-state index contributed by atoms with van der Waals surface area (Å²) >= 11 is 1.06. The molecule has 1 aromatic rings. The van der Waals surface area contributed by atoms with Crippen LogP contribution >= 0.6 is 11.8 Å². The molecule has 4 unspecified atom stereocenters. The molecule has 1 aromatic carbocycles. The van der Waals surface area contributed by atoms with Crippen LogP contribution in [0.2, 0.25) is 0 Å². The second-order valence-electron chi connectivity index (χ2n) is 6.21. The molecular weight excluding hydrogens is 373 g/mol. The van der Waals surface area contributed by atoms with Crippen LogP contribution in [0.15, 0.2) is 30.3 Å². The highest BCUT2D eigenvalue weighted by Gasteiger charge is 2.54. The monoisotopic (exact) mass is 396 g/mol. The molecule has 1 fully saturated rings. The van der Waals surface area contributed by atoms with Crippen LogP contribution in [0.5, 0.6) is 5.75 Å². The molecular formula is C16H23F3N2O4S. The summed E-state index contributed by atoms with van der Waals surface area (Å²) in [5.74, 6) is -0.0140. The quantitative estimate of drug-likeness (QED) is 0.626. The molecule has 6 atom stereocenters. The zero-order valence-electron chi connectivity index (χ0n) is 14.3. The van der Waals surface area contributed by atoms with Gasteiger partial charge in [-0.05, 0) is 26.2 Å². The Hall–Kier alpha value is -1.04. The van der Waals surface area contributed by atoms with E-state index in [4.69, 9.17) is 15.2 Å². The maximum Gasteiger partial charge on any atom is 0.428 e. The van der Waals surface area contributed by atoms with E-state index in [1.54, 1.807) is 25.1 Å². The van der Waals surface area contributed by atoms with E-state index < -0.39 is 41.5 Å². The van der Waals surface area contributed by atoms with Crippen molar-refractivity contribution in [2.75, 3.05) is 14.1 Å². The van der Waals surface area contributed by atoms with Crippen LogP contribution < -0.4 is 10.5 Å². The second-order valence-corrected chi connectivity index (χ2v) is 7.49. The largest absolute Gasteiger partial charge is 0.478 e. The number of aliphatic hydroxyl groups is 2. The highest BCUT2D eigenvalue weighted by molar-refractivity contribution is 8.00. The minimum atomic E-state index is -4.81. The SMILES string of the molecule is CN(C)C(N)S[C@@H]1CC(O)[C@H](O)C(C(Oc2ccccc2)C(F)(F)F)O1.